The molecule has 0 saturated heterocycles. The first-order chi connectivity index (χ1) is 16.9. The van der Waals surface area contributed by atoms with E-state index < -0.39 is 0 Å². The fourth-order valence-electron chi connectivity index (χ4n) is 3.48. The first-order valence-corrected chi connectivity index (χ1v) is 10.5. The third-order valence-corrected chi connectivity index (χ3v) is 5.02. The van der Waals surface area contributed by atoms with Gasteiger partial charge in [0.25, 0.3) is 5.95 Å². The molecule has 0 aliphatic carbocycles. The predicted molar refractivity (Wildman–Crippen MR) is 125 cm³/mol. The standard InChI is InChI=1S/C22H18N12O/c1-12-17(11-23)20(33(30-12)22-24-8-5-9-25-22)29-28-18-13(2)31-34-21(18)27-19(32-34)15-6-4-7-16(10-15)26-14(3)35/h4-10,31H,1-3H3,(H,26,35). The average molecular weight is 466 g/mol. The molecule has 2 N–H and O–H groups in total. The predicted octanol–water partition coefficient (Wildman–Crippen LogP) is 3.56. The smallest absolute Gasteiger partial charge is 0.252 e. The molecule has 0 fully saturated rings. The molecule has 0 bridgehead atoms. The minimum Gasteiger partial charge on any atom is -0.326 e. The average Bonchev–Trinajstić information content (AvgIpc) is 3.48. The molecule has 0 aliphatic rings. The van der Waals surface area contributed by atoms with Gasteiger partial charge in [0.15, 0.2) is 17.3 Å². The fourth-order valence-corrected chi connectivity index (χ4v) is 3.48. The zero-order valence-corrected chi connectivity index (χ0v) is 18.9. The summed E-state index contributed by atoms with van der Waals surface area (Å²) in [6.07, 6.45) is 3.15. The second kappa shape index (κ2) is 8.60. The minimum absolute atomic E-state index is 0.169. The molecule has 0 atom stereocenters. The Bertz CT molecular complexity index is 1630. The van der Waals surface area contributed by atoms with Crippen LogP contribution in [0.1, 0.15) is 23.9 Å². The van der Waals surface area contributed by atoms with Gasteiger partial charge >= 0.3 is 0 Å². The number of rotatable bonds is 5. The van der Waals surface area contributed by atoms with Crippen LogP contribution >= 0.6 is 0 Å². The number of hydrogen-bond donors (Lipinski definition) is 2. The zero-order valence-electron chi connectivity index (χ0n) is 18.9. The highest BCUT2D eigenvalue weighted by Gasteiger charge is 2.20. The Morgan fingerprint density at radius 3 is 2.69 bits per heavy atom. The number of benzene rings is 1. The van der Waals surface area contributed by atoms with E-state index in [9.17, 15) is 10.1 Å². The molecule has 4 aromatic heterocycles. The van der Waals surface area contributed by atoms with Crippen molar-refractivity contribution in [3.63, 3.8) is 0 Å². The molecular formula is C22H18N12O. The molecule has 5 rings (SSSR count). The molecule has 5 aromatic rings. The number of aryl methyl sites for hydroxylation is 2. The van der Waals surface area contributed by atoms with Crippen molar-refractivity contribution in [3.05, 3.63) is 59.7 Å². The Kier molecular flexibility index (Phi) is 5.30. The molecule has 0 unspecified atom stereocenters. The Morgan fingerprint density at radius 1 is 1.14 bits per heavy atom. The summed E-state index contributed by atoms with van der Waals surface area (Å²) in [6.45, 7) is 4.96. The van der Waals surface area contributed by atoms with Gasteiger partial charge in [-0.15, -0.1) is 15.3 Å². The van der Waals surface area contributed by atoms with Crippen molar-refractivity contribution >= 4 is 28.7 Å². The number of aromatic amines is 1. The van der Waals surface area contributed by atoms with Crippen molar-refractivity contribution in [2.24, 2.45) is 10.2 Å². The first kappa shape index (κ1) is 21.6. The SMILES string of the molecule is CC(=O)Nc1cccc(-c2nc3c(N=Nc4c(C#N)c(C)nn4-c4ncccn4)c(C)[nH]n3n2)c1. The van der Waals surface area contributed by atoms with Crippen LogP contribution in [-0.2, 0) is 4.79 Å². The number of azo groups is 1. The van der Waals surface area contributed by atoms with E-state index in [0.717, 1.165) is 5.56 Å². The molecule has 0 aliphatic heterocycles. The van der Waals surface area contributed by atoms with E-state index in [0.29, 0.717) is 34.2 Å². The molecule has 4 heterocycles. The quantitative estimate of drug-likeness (QED) is 0.373. The number of carbonyl (C=O) groups excluding carboxylic acids is 1. The number of hydrogen-bond acceptors (Lipinski definition) is 9. The molecule has 1 amide bonds. The number of amides is 1. The summed E-state index contributed by atoms with van der Waals surface area (Å²) in [5, 5.41) is 33.0. The van der Waals surface area contributed by atoms with Crippen LogP contribution in [0.5, 0.6) is 0 Å². The number of nitriles is 1. The fraction of sp³-hybridized carbons (Fsp3) is 0.136. The second-order valence-corrected chi connectivity index (χ2v) is 7.57. The number of nitrogens with one attached hydrogen (secondary N) is 2. The first-order valence-electron chi connectivity index (χ1n) is 10.5. The van der Waals surface area contributed by atoms with Crippen LogP contribution in [0.2, 0.25) is 0 Å². The minimum atomic E-state index is -0.169. The third-order valence-electron chi connectivity index (χ3n) is 5.02. The molecular weight excluding hydrogens is 448 g/mol. The lowest BCUT2D eigenvalue weighted by molar-refractivity contribution is -0.114. The van der Waals surface area contributed by atoms with E-state index in [2.05, 4.69) is 51.9 Å². The van der Waals surface area contributed by atoms with E-state index in [-0.39, 0.29) is 23.2 Å². The number of aromatic nitrogens is 8. The Morgan fingerprint density at radius 2 is 1.94 bits per heavy atom. The van der Waals surface area contributed by atoms with E-state index >= 15 is 0 Å². The van der Waals surface area contributed by atoms with Crippen LogP contribution in [0, 0.1) is 25.2 Å². The van der Waals surface area contributed by atoms with Gasteiger partial charge in [-0.05, 0) is 32.0 Å². The summed E-state index contributed by atoms with van der Waals surface area (Å²) >= 11 is 0. The monoisotopic (exact) mass is 466 g/mol. The Balaban J connectivity index is 1.56. The lowest BCUT2D eigenvalue weighted by Crippen LogP contribution is -2.05. The maximum atomic E-state index is 11.4. The summed E-state index contributed by atoms with van der Waals surface area (Å²) < 4.78 is 2.87. The van der Waals surface area contributed by atoms with Crippen LogP contribution in [0.3, 0.4) is 0 Å². The zero-order chi connectivity index (χ0) is 24.5. The van der Waals surface area contributed by atoms with Gasteiger partial charge in [0.2, 0.25) is 11.6 Å². The van der Waals surface area contributed by atoms with Crippen LogP contribution in [0.4, 0.5) is 17.2 Å². The number of nitrogens with zero attached hydrogens (tertiary/aromatic N) is 10. The Labute approximate surface area is 198 Å². The number of fused-ring (bicyclic) bond motifs is 1. The van der Waals surface area contributed by atoms with Crippen LogP contribution in [-0.4, -0.2) is 45.5 Å². The van der Waals surface area contributed by atoms with Crippen molar-refractivity contribution < 1.29 is 4.79 Å². The summed E-state index contributed by atoms with van der Waals surface area (Å²) in [5.41, 5.74) is 3.68. The van der Waals surface area contributed by atoms with Gasteiger partial charge in [-0.3, -0.25) is 9.89 Å². The van der Waals surface area contributed by atoms with E-state index in [1.165, 1.54) is 16.2 Å². The van der Waals surface area contributed by atoms with Crippen LogP contribution < -0.4 is 5.32 Å². The van der Waals surface area contributed by atoms with Gasteiger partial charge in [-0.25, -0.2) is 15.0 Å². The maximum Gasteiger partial charge on any atom is 0.252 e. The third kappa shape index (κ3) is 4.00. The topological polar surface area (TPSA) is 167 Å². The Hall–Kier alpha value is -5.25. The van der Waals surface area contributed by atoms with Crippen molar-refractivity contribution in [3.8, 4) is 23.4 Å². The van der Waals surface area contributed by atoms with Gasteiger partial charge in [-0.2, -0.15) is 19.7 Å². The van der Waals surface area contributed by atoms with Crippen LogP contribution in [0.15, 0.2) is 53.0 Å². The molecule has 1 aromatic carbocycles. The molecule has 0 radical (unpaired) electrons. The van der Waals surface area contributed by atoms with Gasteiger partial charge < -0.3 is 5.32 Å². The number of anilines is 1. The van der Waals surface area contributed by atoms with Crippen molar-refractivity contribution in [2.75, 3.05) is 5.32 Å². The molecule has 0 saturated carbocycles. The summed E-state index contributed by atoms with van der Waals surface area (Å²) in [5.74, 6) is 0.747. The molecule has 13 nitrogen and oxygen atoms in total. The number of carbonyl (C=O) groups is 1. The molecule has 172 valence electrons. The van der Waals surface area contributed by atoms with Crippen molar-refractivity contribution in [2.45, 2.75) is 20.8 Å². The van der Waals surface area contributed by atoms with Crippen LogP contribution in [0.25, 0.3) is 23.0 Å². The van der Waals surface area contributed by atoms with Gasteiger partial charge in [0.05, 0.1) is 11.4 Å². The van der Waals surface area contributed by atoms with Gasteiger partial charge in [0, 0.05) is 30.6 Å². The molecule has 13 heteroatoms. The normalized spacial score (nSPS) is 11.3. The highest BCUT2D eigenvalue weighted by molar-refractivity contribution is 5.89. The lowest BCUT2D eigenvalue weighted by atomic mass is 10.2. The van der Waals surface area contributed by atoms with E-state index in [1.807, 2.05) is 13.0 Å². The van der Waals surface area contributed by atoms with Gasteiger partial charge in [-0.1, -0.05) is 12.1 Å². The van der Waals surface area contributed by atoms with Gasteiger partial charge in [0.1, 0.15) is 11.6 Å². The summed E-state index contributed by atoms with van der Waals surface area (Å²) in [6, 6.07) is 11.0. The highest BCUT2D eigenvalue weighted by Crippen LogP contribution is 2.31. The maximum absolute atomic E-state index is 11.4. The largest absolute Gasteiger partial charge is 0.326 e. The second-order valence-electron chi connectivity index (χ2n) is 7.57. The number of H-pyrrole nitrogens is 1. The molecule has 0 spiro atoms. The van der Waals surface area contributed by atoms with Crippen molar-refractivity contribution in [1.82, 2.24) is 39.6 Å². The highest BCUT2D eigenvalue weighted by atomic mass is 16.1. The van der Waals surface area contributed by atoms with E-state index in [4.69, 9.17) is 0 Å². The van der Waals surface area contributed by atoms with E-state index in [1.54, 1.807) is 43.6 Å². The van der Waals surface area contributed by atoms with Crippen molar-refractivity contribution in [1.29, 1.82) is 5.26 Å². The summed E-state index contributed by atoms with van der Waals surface area (Å²) in [4.78, 5) is 24.4. The summed E-state index contributed by atoms with van der Waals surface area (Å²) in [7, 11) is 0. The molecule has 35 heavy (non-hydrogen) atoms. The lowest BCUT2D eigenvalue weighted by Gasteiger charge is -2.02.